The topological polar surface area (TPSA) is 130 Å². The summed E-state index contributed by atoms with van der Waals surface area (Å²) < 4.78 is 13.7. The maximum Gasteiger partial charge on any atom is 1.00 e. The molecular formula is C24H26Br2LiN3O6S2. The zero-order valence-electron chi connectivity index (χ0n) is 21.9. The molecule has 200 valence electrons. The molecule has 38 heavy (non-hydrogen) atoms. The second-order valence-corrected chi connectivity index (χ2v) is 11.2. The Hall–Kier alpha value is -1.81. The Morgan fingerprint density at radius 3 is 1.84 bits per heavy atom. The molecule has 0 atom stereocenters. The Bertz CT molecular complexity index is 1340. The average molecular weight is 683 g/mol. The maximum absolute atomic E-state index is 10.7. The normalized spacial score (nSPS) is 9.74. The number of pyridine rings is 2. The van der Waals surface area contributed by atoms with Crippen molar-refractivity contribution < 1.29 is 47.8 Å². The summed E-state index contributed by atoms with van der Waals surface area (Å²) in [5, 5.41) is 15.1. The Labute approximate surface area is 257 Å². The van der Waals surface area contributed by atoms with E-state index in [-0.39, 0.29) is 29.9 Å². The molecule has 0 unspecified atom stereocenters. The zero-order chi connectivity index (χ0) is 28.1. The van der Waals surface area contributed by atoms with Gasteiger partial charge < -0.3 is 19.9 Å². The molecule has 0 aliphatic carbocycles. The van der Waals surface area contributed by atoms with Crippen LogP contribution >= 0.6 is 54.5 Å². The van der Waals surface area contributed by atoms with Gasteiger partial charge in [0.15, 0.2) is 0 Å². The van der Waals surface area contributed by atoms with E-state index < -0.39 is 5.97 Å². The molecule has 0 saturated carbocycles. The van der Waals surface area contributed by atoms with Crippen molar-refractivity contribution in [3.05, 3.63) is 48.8 Å². The number of aromatic carboxylic acids is 1. The van der Waals surface area contributed by atoms with Crippen molar-refractivity contribution in [3.63, 3.8) is 0 Å². The van der Waals surface area contributed by atoms with Gasteiger partial charge in [0.2, 0.25) is 11.8 Å². The molecular weight excluding hydrogens is 657 g/mol. The number of rotatable bonds is 5. The third-order valence-corrected chi connectivity index (χ3v) is 7.02. The van der Waals surface area contributed by atoms with Crippen LogP contribution in [-0.2, 0) is 9.59 Å². The number of hydrogen-bond acceptors (Lipinski definition) is 9. The first-order chi connectivity index (χ1) is 17.5. The number of ether oxygens (including phenoxy) is 2. The van der Waals surface area contributed by atoms with Crippen LogP contribution < -0.4 is 28.3 Å². The van der Waals surface area contributed by atoms with Gasteiger partial charge in [0.25, 0.3) is 0 Å². The molecule has 0 bridgehead atoms. The van der Waals surface area contributed by atoms with Crippen molar-refractivity contribution in [2.45, 2.75) is 39.8 Å². The number of carbonyl (C=O) groups excluding carboxylic acids is 2. The fourth-order valence-electron chi connectivity index (χ4n) is 2.77. The van der Waals surface area contributed by atoms with E-state index in [1.165, 1.54) is 29.2 Å². The Kier molecular flexibility index (Phi) is 17.6. The van der Waals surface area contributed by atoms with Gasteiger partial charge in [-0.15, -0.1) is 34.8 Å². The number of fused-ring (bicyclic) bond motifs is 2. The Morgan fingerprint density at radius 2 is 1.42 bits per heavy atom. The van der Waals surface area contributed by atoms with Gasteiger partial charge in [-0.05, 0) is 61.5 Å². The molecule has 9 nitrogen and oxygen atoms in total. The van der Waals surface area contributed by atoms with Crippen molar-refractivity contribution in [1.29, 1.82) is 0 Å². The van der Waals surface area contributed by atoms with E-state index in [0.717, 1.165) is 19.2 Å². The molecule has 0 radical (unpaired) electrons. The van der Waals surface area contributed by atoms with Gasteiger partial charge in [-0.1, -0.05) is 27.7 Å². The molecule has 0 aliphatic heterocycles. The van der Waals surface area contributed by atoms with Gasteiger partial charge in [0, 0.05) is 0 Å². The molecule has 0 saturated heterocycles. The molecule has 4 aromatic rings. The number of hydrogen-bond donors (Lipinski definition) is 1. The first kappa shape index (κ1) is 36.2. The van der Waals surface area contributed by atoms with Crippen molar-refractivity contribution in [1.82, 2.24) is 9.97 Å². The van der Waals surface area contributed by atoms with Crippen LogP contribution in [0.3, 0.4) is 0 Å². The fourth-order valence-corrected chi connectivity index (χ4v) is 5.67. The summed E-state index contributed by atoms with van der Waals surface area (Å²) in [6.07, 6.45) is 0.250. The SMILES string of the molecule is CC(C)[N-]C(C)C.COc1nc2cc(C(=O)O)sc2cc1Br.COc1nc2ccsc2cc1Br.O=C=O.[Li+]. The van der Waals surface area contributed by atoms with Crippen LogP contribution in [-0.4, -0.2) is 53.5 Å². The summed E-state index contributed by atoms with van der Waals surface area (Å²) in [4.78, 5) is 35.7. The minimum Gasteiger partial charge on any atom is -0.658 e. The van der Waals surface area contributed by atoms with E-state index in [1.54, 1.807) is 24.5 Å². The predicted molar refractivity (Wildman–Crippen MR) is 153 cm³/mol. The predicted octanol–water partition coefficient (Wildman–Crippen LogP) is 4.43. The van der Waals surface area contributed by atoms with Crippen LogP contribution in [0, 0.1) is 0 Å². The van der Waals surface area contributed by atoms with Crippen LogP contribution in [0.2, 0.25) is 0 Å². The summed E-state index contributed by atoms with van der Waals surface area (Å²) >= 11 is 9.54. The van der Waals surface area contributed by atoms with Gasteiger partial charge >= 0.3 is 31.0 Å². The molecule has 0 spiro atoms. The average Bonchev–Trinajstić information content (AvgIpc) is 3.44. The quantitative estimate of drug-likeness (QED) is 0.306. The molecule has 1 N–H and O–H groups in total. The van der Waals surface area contributed by atoms with E-state index in [0.29, 0.717) is 29.4 Å². The Morgan fingerprint density at radius 1 is 0.947 bits per heavy atom. The van der Waals surface area contributed by atoms with Crippen molar-refractivity contribution in [2.24, 2.45) is 0 Å². The molecule has 0 aliphatic rings. The van der Waals surface area contributed by atoms with Gasteiger partial charge in [-0.2, -0.15) is 9.59 Å². The molecule has 14 heteroatoms. The molecule has 4 heterocycles. The number of thiophene rings is 2. The number of aromatic nitrogens is 2. The van der Waals surface area contributed by atoms with Gasteiger partial charge in [0.05, 0.1) is 43.6 Å². The standard InChI is InChI=1S/C9H6BrNO3S.C8H6BrNOS.C6H14N.CO2.Li/c1-14-8-4(10)2-6-5(11-8)3-7(15-6)9(12)13;1-11-8-5(9)4-7-6(10-8)2-3-12-7;1-5(2)7-6(3)4;2-1-3;/h2-3H,1H3,(H,12,13);2-4H,1H3;5-6H,1-4H3;;/q;;-1;;+1. The molecule has 0 amide bonds. The third-order valence-electron chi connectivity index (χ3n) is 3.98. The van der Waals surface area contributed by atoms with Crippen molar-refractivity contribution in [2.75, 3.05) is 14.2 Å². The number of carboxylic acids is 1. The number of carbonyl (C=O) groups is 1. The molecule has 0 fully saturated rings. The van der Waals surface area contributed by atoms with Gasteiger partial charge in [-0.3, -0.25) is 0 Å². The fraction of sp³-hybridized carbons (Fsp3) is 0.333. The molecule has 4 aromatic heterocycles. The first-order valence-electron chi connectivity index (χ1n) is 10.6. The number of nitrogens with zero attached hydrogens (tertiary/aromatic N) is 3. The Balaban J connectivity index is 0.000000535. The van der Waals surface area contributed by atoms with Crippen LogP contribution in [0.15, 0.2) is 38.6 Å². The maximum atomic E-state index is 10.7. The summed E-state index contributed by atoms with van der Waals surface area (Å²) in [5.74, 6) is 0.159. The third kappa shape index (κ3) is 11.9. The largest absolute Gasteiger partial charge is 1.00 e. The first-order valence-corrected chi connectivity index (χ1v) is 13.9. The van der Waals surface area contributed by atoms with Crippen LogP contribution in [0.5, 0.6) is 11.8 Å². The van der Waals surface area contributed by atoms with Crippen molar-refractivity contribution in [3.8, 4) is 11.8 Å². The molecule has 0 aromatic carbocycles. The number of methoxy groups -OCH3 is 2. The summed E-state index contributed by atoms with van der Waals surface area (Å²) in [5.41, 5.74) is 1.62. The van der Waals surface area contributed by atoms with Gasteiger partial charge in [0.1, 0.15) is 4.88 Å². The summed E-state index contributed by atoms with van der Waals surface area (Å²) in [6, 6.07) is 8.34. The number of halogens is 2. The summed E-state index contributed by atoms with van der Waals surface area (Å²) in [6.45, 7) is 8.39. The van der Waals surface area contributed by atoms with Crippen LogP contribution in [0.1, 0.15) is 37.4 Å². The summed E-state index contributed by atoms with van der Waals surface area (Å²) in [7, 11) is 3.13. The van der Waals surface area contributed by atoms with E-state index in [4.69, 9.17) is 24.2 Å². The van der Waals surface area contributed by atoms with E-state index in [9.17, 15) is 4.79 Å². The smallest absolute Gasteiger partial charge is 0.658 e. The van der Waals surface area contributed by atoms with E-state index >= 15 is 0 Å². The number of carboxylic acid groups (broad SMARTS) is 1. The molecule has 4 rings (SSSR count). The zero-order valence-corrected chi connectivity index (χ0v) is 26.7. The van der Waals surface area contributed by atoms with Crippen LogP contribution in [0.25, 0.3) is 25.8 Å². The minimum absolute atomic E-state index is 0. The second kappa shape index (κ2) is 18.5. The van der Waals surface area contributed by atoms with Crippen LogP contribution in [0.4, 0.5) is 0 Å². The second-order valence-electron chi connectivity index (χ2n) is 7.48. The van der Waals surface area contributed by atoms with Gasteiger partial charge in [-0.25, -0.2) is 14.8 Å². The van der Waals surface area contributed by atoms with E-state index in [2.05, 4.69) is 74.8 Å². The van der Waals surface area contributed by atoms with E-state index in [1.807, 2.05) is 17.5 Å². The monoisotopic (exact) mass is 681 g/mol. The minimum atomic E-state index is -0.937. The van der Waals surface area contributed by atoms with Crippen molar-refractivity contribution >= 4 is 87.1 Å².